The Hall–Kier alpha value is -0.644. The number of aliphatic hydroxyl groups is 1. The predicted octanol–water partition coefficient (Wildman–Crippen LogP) is 12.1. The first kappa shape index (κ1) is 46.4. The number of hydrogen-bond acceptors (Lipinski definition) is 5. The summed E-state index contributed by atoms with van der Waals surface area (Å²) < 4.78 is 30.2. The van der Waals surface area contributed by atoms with E-state index in [2.05, 4.69) is 85.1 Å². The summed E-state index contributed by atoms with van der Waals surface area (Å²) in [6.45, 7) is 23.7. The van der Waals surface area contributed by atoms with Crippen LogP contribution in [0.3, 0.4) is 0 Å². The van der Waals surface area contributed by atoms with Crippen LogP contribution in [0.25, 0.3) is 0 Å². The molecule has 0 amide bonds. The average Bonchev–Trinajstić information content (AvgIpc) is 3.04. The number of allylic oxidation sites excluding steroid dienone is 2. The van der Waals surface area contributed by atoms with Gasteiger partial charge in [0.25, 0.3) is 0 Å². The summed E-state index contributed by atoms with van der Waals surface area (Å²) in [7, 11) is 1.92. The van der Waals surface area contributed by atoms with Crippen molar-refractivity contribution < 1.29 is 24.1 Å². The van der Waals surface area contributed by atoms with E-state index in [1.165, 1.54) is 61.0 Å². The molecule has 0 aliphatic carbocycles. The monoisotopic (exact) mass is 810 g/mol. The van der Waals surface area contributed by atoms with E-state index in [0.717, 1.165) is 43.4 Å². The van der Waals surface area contributed by atoms with Crippen molar-refractivity contribution >= 4 is 26.5 Å². The van der Waals surface area contributed by atoms with E-state index >= 15 is 0 Å². The van der Waals surface area contributed by atoms with Gasteiger partial charge in [-0.15, -0.1) is 0 Å². The first-order chi connectivity index (χ1) is 23.2. The molecular formula is C42H78O5SiSn. The Kier molecular flexibility index (Phi) is 23.3. The Balaban J connectivity index is 3.92. The van der Waals surface area contributed by atoms with Crippen LogP contribution < -0.4 is 4.74 Å². The van der Waals surface area contributed by atoms with Crippen molar-refractivity contribution in [2.45, 2.75) is 176 Å². The third kappa shape index (κ3) is 17.6. The van der Waals surface area contributed by atoms with Gasteiger partial charge in [-0.1, -0.05) is 0 Å². The van der Waals surface area contributed by atoms with Gasteiger partial charge in [-0.25, -0.2) is 0 Å². The topological polar surface area (TPSA) is 57.2 Å². The molecule has 7 heteroatoms. The predicted molar refractivity (Wildman–Crippen MR) is 217 cm³/mol. The normalized spacial score (nSPS) is 16.3. The number of ether oxygens (including phenoxy) is 4. The van der Waals surface area contributed by atoms with Gasteiger partial charge in [0.2, 0.25) is 0 Å². The SMILES string of the molecule is CCCCC[C@H](OCOC)C(C/C(C)=C/[Si](C)(C)C)[C@H](OCc1ccc(OC)cc1)[C@@](C)(O)/C=[C](\C)[Sn]([CH2]CCC)([CH2]CCC)[CH2]CCC. The first-order valence-electron chi connectivity index (χ1n) is 19.7. The fraction of sp³-hybridized carbons (Fsp3) is 0.762. The fourth-order valence-electron chi connectivity index (χ4n) is 7.59. The zero-order valence-corrected chi connectivity index (χ0v) is 37.9. The second kappa shape index (κ2) is 24.6. The quantitative estimate of drug-likeness (QED) is 0.0519. The maximum atomic E-state index is 12.9. The molecule has 0 bridgehead atoms. The van der Waals surface area contributed by atoms with Crippen LogP contribution in [0.15, 0.2) is 45.2 Å². The summed E-state index contributed by atoms with van der Waals surface area (Å²) in [4.78, 5) is 0. The zero-order chi connectivity index (χ0) is 36.9. The molecule has 1 N–H and O–H groups in total. The third-order valence-electron chi connectivity index (χ3n) is 10.1. The Labute approximate surface area is 308 Å². The molecule has 1 unspecified atom stereocenters. The number of rotatable bonds is 28. The van der Waals surface area contributed by atoms with Crippen molar-refractivity contribution in [3.05, 3.63) is 50.8 Å². The van der Waals surface area contributed by atoms with E-state index in [0.29, 0.717) is 6.61 Å². The molecule has 0 radical (unpaired) electrons. The summed E-state index contributed by atoms with van der Waals surface area (Å²) >= 11 is -2.79. The Morgan fingerprint density at radius 1 is 0.837 bits per heavy atom. The maximum absolute atomic E-state index is 12.9. The van der Waals surface area contributed by atoms with Gasteiger partial charge in [-0.2, -0.15) is 0 Å². The van der Waals surface area contributed by atoms with Crippen LogP contribution in [-0.2, 0) is 20.8 Å². The second-order valence-electron chi connectivity index (χ2n) is 16.1. The van der Waals surface area contributed by atoms with Gasteiger partial charge < -0.3 is 0 Å². The van der Waals surface area contributed by atoms with E-state index in [1.54, 1.807) is 14.2 Å². The molecule has 0 aromatic heterocycles. The minimum absolute atomic E-state index is 0.0524. The molecule has 0 aliphatic heterocycles. The van der Waals surface area contributed by atoms with Gasteiger partial charge in [0.1, 0.15) is 0 Å². The first-order valence-corrected chi connectivity index (χ1v) is 30.7. The standard InChI is InChI=1S/C30H51O5Si.3C4H9.Sn/c1-10-12-13-14-28(35-23-32-5)27(20-24(3)22-36(7,8)9)29(30(4,31)19-11-2)34-21-25-15-17-26(33-6)18-16-25;3*1-3-4-2;/h15-19,22,27-29,31H,10,12-14,20-21,23H2,1-9H3;3*1,3-4H2,2H3;/b19-11?,24-22+;;;;/t27?,28-,29-,30-;;;;/m0..../s1. The number of unbranched alkanes of at least 4 members (excludes halogenated alkanes) is 5. The number of benzene rings is 1. The van der Waals surface area contributed by atoms with Gasteiger partial charge in [0.15, 0.2) is 0 Å². The Morgan fingerprint density at radius 3 is 1.86 bits per heavy atom. The zero-order valence-electron chi connectivity index (χ0n) is 34.1. The summed E-state index contributed by atoms with van der Waals surface area (Å²) in [6.07, 6.45) is 14.4. The van der Waals surface area contributed by atoms with Crippen LogP contribution in [0.1, 0.15) is 125 Å². The van der Waals surface area contributed by atoms with Crippen molar-refractivity contribution in [1.82, 2.24) is 0 Å². The number of hydrogen-bond donors (Lipinski definition) is 1. The van der Waals surface area contributed by atoms with E-state index in [-0.39, 0.29) is 18.8 Å². The van der Waals surface area contributed by atoms with Crippen LogP contribution in [-0.4, -0.2) is 70.4 Å². The van der Waals surface area contributed by atoms with Crippen LogP contribution in [0.4, 0.5) is 0 Å². The van der Waals surface area contributed by atoms with Gasteiger partial charge in [0, 0.05) is 0 Å². The van der Waals surface area contributed by atoms with Crippen molar-refractivity contribution in [2.75, 3.05) is 21.0 Å². The molecule has 5 nitrogen and oxygen atoms in total. The molecule has 0 saturated carbocycles. The molecule has 0 heterocycles. The van der Waals surface area contributed by atoms with Crippen molar-refractivity contribution in [3.63, 3.8) is 0 Å². The van der Waals surface area contributed by atoms with E-state index in [9.17, 15) is 5.11 Å². The molecule has 49 heavy (non-hydrogen) atoms. The second-order valence-corrected chi connectivity index (χ2v) is 34.9. The molecule has 284 valence electrons. The molecule has 0 fully saturated rings. The van der Waals surface area contributed by atoms with Crippen LogP contribution in [0, 0.1) is 5.92 Å². The van der Waals surface area contributed by atoms with Gasteiger partial charge >= 0.3 is 310 Å². The van der Waals surface area contributed by atoms with E-state index < -0.39 is 38.2 Å². The van der Waals surface area contributed by atoms with Crippen LogP contribution in [0.2, 0.25) is 33.0 Å². The van der Waals surface area contributed by atoms with Crippen molar-refractivity contribution in [2.24, 2.45) is 5.92 Å². The fourth-order valence-corrected chi connectivity index (χ4v) is 25.2. The molecule has 1 aromatic carbocycles. The molecular weight excluding hydrogens is 731 g/mol. The van der Waals surface area contributed by atoms with Gasteiger partial charge in [0.05, 0.1) is 0 Å². The molecule has 4 atom stereocenters. The molecule has 0 saturated heterocycles. The molecule has 1 rings (SSSR count). The molecule has 0 spiro atoms. The summed E-state index contributed by atoms with van der Waals surface area (Å²) in [5.41, 5.74) is 3.77. The third-order valence-corrected chi connectivity index (χ3v) is 27.9. The van der Waals surface area contributed by atoms with Gasteiger partial charge in [-0.05, 0) is 0 Å². The van der Waals surface area contributed by atoms with Crippen LogP contribution >= 0.6 is 0 Å². The molecule has 0 aliphatic rings. The van der Waals surface area contributed by atoms with Crippen LogP contribution in [0.5, 0.6) is 5.75 Å². The summed E-state index contributed by atoms with van der Waals surface area (Å²) in [5.74, 6) is 0.776. The Bertz CT molecular complexity index is 1040. The Morgan fingerprint density at radius 2 is 1.39 bits per heavy atom. The summed E-state index contributed by atoms with van der Waals surface area (Å²) in [5, 5.41) is 12.9. The van der Waals surface area contributed by atoms with E-state index in [4.69, 9.17) is 18.9 Å². The average molecular weight is 810 g/mol. The van der Waals surface area contributed by atoms with Crippen molar-refractivity contribution in [3.8, 4) is 5.75 Å². The molecule has 1 aromatic rings. The minimum atomic E-state index is -2.79. The number of methoxy groups -OCH3 is 2. The van der Waals surface area contributed by atoms with Crippen molar-refractivity contribution in [1.29, 1.82) is 0 Å². The summed E-state index contributed by atoms with van der Waals surface area (Å²) in [6, 6.07) is 8.11. The van der Waals surface area contributed by atoms with E-state index in [1.807, 2.05) is 19.1 Å². The van der Waals surface area contributed by atoms with Gasteiger partial charge in [-0.3, -0.25) is 0 Å².